The molecule has 130 valence electrons. The highest BCUT2D eigenvalue weighted by Crippen LogP contribution is 2.46. The quantitative estimate of drug-likeness (QED) is 0.683. The van der Waals surface area contributed by atoms with E-state index < -0.39 is 0 Å². The molecule has 0 amide bonds. The highest BCUT2D eigenvalue weighted by molar-refractivity contribution is 5.53. The van der Waals surface area contributed by atoms with Crippen LogP contribution in [0.15, 0.2) is 12.4 Å². The average molecular weight is 333 g/mol. The standard InChI is InChI=1S/C14H21N7.CH2O2/c15-13-18-11(7-12-19-17-10-21(12)13)16-8-14(3-4-14)9-20-5-1-2-6-20;2-1-3/h7,10,16H,1-6,8-9H2,(H2,15,18);1H,(H,2,3). The van der Waals surface area contributed by atoms with Crippen LogP contribution in [0.4, 0.5) is 11.8 Å². The first kappa shape index (κ1) is 16.4. The highest BCUT2D eigenvalue weighted by atomic mass is 16.3. The van der Waals surface area contributed by atoms with Crippen molar-refractivity contribution < 1.29 is 9.90 Å². The number of fused-ring (bicyclic) bond motifs is 1. The van der Waals surface area contributed by atoms with Gasteiger partial charge in [-0.1, -0.05) is 0 Å². The van der Waals surface area contributed by atoms with Crippen LogP contribution in [0.2, 0.25) is 0 Å². The smallest absolute Gasteiger partial charge is 0.290 e. The van der Waals surface area contributed by atoms with Crippen molar-refractivity contribution in [3.63, 3.8) is 0 Å². The Bertz CT molecular complexity index is 692. The minimum atomic E-state index is -0.250. The fourth-order valence-corrected chi connectivity index (χ4v) is 3.20. The van der Waals surface area contributed by atoms with Gasteiger partial charge in [-0.05, 0) is 38.8 Å². The number of nitrogens with zero attached hydrogens (tertiary/aromatic N) is 5. The van der Waals surface area contributed by atoms with Gasteiger partial charge in [-0.2, -0.15) is 4.98 Å². The number of hydrogen-bond acceptors (Lipinski definition) is 7. The summed E-state index contributed by atoms with van der Waals surface area (Å²) in [6.45, 7) is 4.44. The number of likely N-dealkylation sites (tertiary alicyclic amines) is 1. The number of nitrogens with two attached hydrogens (primary N) is 1. The van der Waals surface area contributed by atoms with Crippen molar-refractivity contribution in [3.8, 4) is 0 Å². The lowest BCUT2D eigenvalue weighted by Crippen LogP contribution is -2.32. The van der Waals surface area contributed by atoms with Crippen LogP contribution >= 0.6 is 0 Å². The predicted octanol–water partition coefficient (Wildman–Crippen LogP) is 0.695. The third kappa shape index (κ3) is 3.73. The highest BCUT2D eigenvalue weighted by Gasteiger charge is 2.43. The Morgan fingerprint density at radius 3 is 2.75 bits per heavy atom. The average Bonchev–Trinajstić information content (AvgIpc) is 2.95. The molecule has 4 rings (SSSR count). The van der Waals surface area contributed by atoms with Crippen LogP contribution in [-0.2, 0) is 4.79 Å². The molecular formula is C15H23N7O2. The SMILES string of the molecule is Nc1nc(NCC2(CN3CCCC3)CC2)cc2nncn12.O=CO. The van der Waals surface area contributed by atoms with Crippen molar-refractivity contribution in [2.45, 2.75) is 25.7 Å². The molecule has 24 heavy (non-hydrogen) atoms. The van der Waals surface area contributed by atoms with E-state index in [4.69, 9.17) is 15.6 Å². The summed E-state index contributed by atoms with van der Waals surface area (Å²) < 4.78 is 1.68. The van der Waals surface area contributed by atoms with Crippen molar-refractivity contribution in [1.29, 1.82) is 0 Å². The van der Waals surface area contributed by atoms with Crippen LogP contribution in [0, 0.1) is 5.41 Å². The molecule has 4 N–H and O–H groups in total. The van der Waals surface area contributed by atoms with E-state index >= 15 is 0 Å². The Morgan fingerprint density at radius 1 is 1.38 bits per heavy atom. The van der Waals surface area contributed by atoms with Crippen LogP contribution in [0.5, 0.6) is 0 Å². The number of anilines is 2. The minimum absolute atomic E-state index is 0.250. The molecule has 1 saturated heterocycles. The summed E-state index contributed by atoms with van der Waals surface area (Å²) in [5.41, 5.74) is 7.07. The molecule has 9 nitrogen and oxygen atoms in total. The Balaban J connectivity index is 0.000000526. The van der Waals surface area contributed by atoms with E-state index in [0.717, 1.165) is 18.0 Å². The van der Waals surface area contributed by atoms with Crippen molar-refractivity contribution in [3.05, 3.63) is 12.4 Å². The molecule has 0 radical (unpaired) electrons. The molecule has 2 aromatic rings. The topological polar surface area (TPSA) is 122 Å². The molecule has 2 fully saturated rings. The largest absolute Gasteiger partial charge is 0.483 e. The number of rotatable bonds is 5. The van der Waals surface area contributed by atoms with Gasteiger partial charge in [0.2, 0.25) is 5.95 Å². The molecule has 0 atom stereocenters. The van der Waals surface area contributed by atoms with Crippen LogP contribution < -0.4 is 11.1 Å². The Hall–Kier alpha value is -2.42. The first-order valence-corrected chi connectivity index (χ1v) is 8.16. The lowest BCUT2D eigenvalue weighted by molar-refractivity contribution is -0.122. The van der Waals surface area contributed by atoms with Gasteiger partial charge in [-0.3, -0.25) is 9.20 Å². The van der Waals surface area contributed by atoms with Gasteiger partial charge in [0.1, 0.15) is 12.1 Å². The second kappa shape index (κ2) is 7.00. The second-order valence-corrected chi connectivity index (χ2v) is 6.50. The predicted molar refractivity (Wildman–Crippen MR) is 89.7 cm³/mol. The number of carbonyl (C=O) groups is 1. The van der Waals surface area contributed by atoms with Crippen molar-refractivity contribution >= 4 is 23.9 Å². The zero-order valence-corrected chi connectivity index (χ0v) is 13.6. The summed E-state index contributed by atoms with van der Waals surface area (Å²) in [7, 11) is 0. The van der Waals surface area contributed by atoms with E-state index in [1.54, 1.807) is 10.7 Å². The van der Waals surface area contributed by atoms with Crippen LogP contribution in [0.25, 0.3) is 5.65 Å². The summed E-state index contributed by atoms with van der Waals surface area (Å²) in [6.07, 6.45) is 6.89. The van der Waals surface area contributed by atoms with E-state index in [-0.39, 0.29) is 6.47 Å². The minimum Gasteiger partial charge on any atom is -0.483 e. The lowest BCUT2D eigenvalue weighted by atomic mass is 10.1. The third-order valence-corrected chi connectivity index (χ3v) is 4.68. The normalized spacial score (nSPS) is 18.8. The van der Waals surface area contributed by atoms with Gasteiger partial charge in [-0.25, -0.2) is 0 Å². The number of nitrogen functional groups attached to an aromatic ring is 1. The molecule has 0 spiro atoms. The van der Waals surface area contributed by atoms with Crippen molar-refractivity contribution in [2.24, 2.45) is 5.41 Å². The molecule has 0 unspecified atom stereocenters. The molecule has 3 heterocycles. The summed E-state index contributed by atoms with van der Waals surface area (Å²) in [5, 5.41) is 18.2. The molecular weight excluding hydrogens is 310 g/mol. The number of nitrogens with one attached hydrogen (secondary N) is 1. The number of carboxylic acid groups (broad SMARTS) is 1. The van der Waals surface area contributed by atoms with Gasteiger partial charge < -0.3 is 21.1 Å². The first-order chi connectivity index (χ1) is 11.7. The Kier molecular flexibility index (Phi) is 4.79. The van der Waals surface area contributed by atoms with Crippen LogP contribution in [0.3, 0.4) is 0 Å². The van der Waals surface area contributed by atoms with Gasteiger partial charge in [-0.15, -0.1) is 10.2 Å². The summed E-state index contributed by atoms with van der Waals surface area (Å²) in [4.78, 5) is 15.3. The summed E-state index contributed by atoms with van der Waals surface area (Å²) in [5.74, 6) is 1.21. The zero-order chi connectivity index (χ0) is 17.0. The molecule has 1 saturated carbocycles. The first-order valence-electron chi connectivity index (χ1n) is 8.16. The zero-order valence-electron chi connectivity index (χ0n) is 13.6. The van der Waals surface area contributed by atoms with E-state index in [1.165, 1.54) is 45.3 Å². The molecule has 1 aliphatic heterocycles. The maximum Gasteiger partial charge on any atom is 0.290 e. The maximum atomic E-state index is 8.36. The summed E-state index contributed by atoms with van der Waals surface area (Å²) in [6, 6.07) is 1.90. The van der Waals surface area contributed by atoms with Crippen LogP contribution in [0.1, 0.15) is 25.7 Å². The molecule has 9 heteroatoms. The molecule has 0 bridgehead atoms. The van der Waals surface area contributed by atoms with Crippen molar-refractivity contribution in [1.82, 2.24) is 24.5 Å². The van der Waals surface area contributed by atoms with Gasteiger partial charge in [0.05, 0.1) is 0 Å². The maximum absolute atomic E-state index is 8.36. The van der Waals surface area contributed by atoms with E-state index in [0.29, 0.717) is 11.4 Å². The van der Waals surface area contributed by atoms with E-state index in [1.807, 2.05) is 6.07 Å². The molecule has 2 aliphatic rings. The van der Waals surface area contributed by atoms with Gasteiger partial charge >= 0.3 is 0 Å². The van der Waals surface area contributed by atoms with Gasteiger partial charge in [0.15, 0.2) is 5.65 Å². The fourth-order valence-electron chi connectivity index (χ4n) is 3.20. The van der Waals surface area contributed by atoms with Crippen LogP contribution in [-0.4, -0.2) is 62.2 Å². The second-order valence-electron chi connectivity index (χ2n) is 6.50. The van der Waals surface area contributed by atoms with E-state index in [2.05, 4.69) is 25.4 Å². The molecule has 1 aliphatic carbocycles. The molecule has 0 aromatic carbocycles. The Labute approximate surface area is 139 Å². The number of hydrogen-bond donors (Lipinski definition) is 3. The van der Waals surface area contributed by atoms with E-state index in [9.17, 15) is 0 Å². The third-order valence-electron chi connectivity index (χ3n) is 4.68. The lowest BCUT2D eigenvalue weighted by Gasteiger charge is -2.23. The van der Waals surface area contributed by atoms with Crippen molar-refractivity contribution in [2.75, 3.05) is 37.2 Å². The summed E-state index contributed by atoms with van der Waals surface area (Å²) >= 11 is 0. The van der Waals surface area contributed by atoms with Gasteiger partial charge in [0, 0.05) is 24.6 Å². The number of aromatic nitrogens is 4. The monoisotopic (exact) mass is 333 g/mol. The fraction of sp³-hybridized carbons (Fsp3) is 0.600. The Morgan fingerprint density at radius 2 is 2.08 bits per heavy atom. The van der Waals surface area contributed by atoms with Gasteiger partial charge in [0.25, 0.3) is 6.47 Å². The molecule has 2 aromatic heterocycles.